The molecule has 2 aromatic heterocycles. The molecule has 0 bridgehead atoms. The molecule has 1 aliphatic rings. The van der Waals surface area contributed by atoms with Gasteiger partial charge in [0.1, 0.15) is 11.7 Å². The fraction of sp³-hybridized carbons (Fsp3) is 0.259. The van der Waals surface area contributed by atoms with Crippen molar-refractivity contribution in [1.29, 1.82) is 5.41 Å². The minimum atomic E-state index is -0.833. The van der Waals surface area contributed by atoms with Crippen LogP contribution in [-0.2, 0) is 11.2 Å². The molecular weight excluding hydrogens is 537 g/mol. The van der Waals surface area contributed by atoms with Crippen molar-refractivity contribution in [2.24, 2.45) is 5.73 Å². The maximum absolute atomic E-state index is 16.0. The van der Waals surface area contributed by atoms with Gasteiger partial charge in [0.25, 0.3) is 11.9 Å². The topological polar surface area (TPSA) is 191 Å². The number of aromatic nitrogens is 5. The summed E-state index contributed by atoms with van der Waals surface area (Å²) >= 11 is 0. The van der Waals surface area contributed by atoms with Gasteiger partial charge in [-0.3, -0.25) is 15.2 Å². The van der Waals surface area contributed by atoms with Crippen LogP contribution in [0.3, 0.4) is 0 Å². The minimum absolute atomic E-state index is 0.0445. The molecule has 3 heterocycles. The second-order valence-electron chi connectivity index (χ2n) is 8.85. The molecule has 0 spiro atoms. The van der Waals surface area contributed by atoms with E-state index in [1.165, 1.54) is 25.6 Å². The summed E-state index contributed by atoms with van der Waals surface area (Å²) in [5, 5.41) is 19.5. The van der Waals surface area contributed by atoms with Crippen molar-refractivity contribution >= 4 is 11.8 Å². The van der Waals surface area contributed by atoms with E-state index in [1.807, 2.05) is 0 Å². The summed E-state index contributed by atoms with van der Waals surface area (Å²) in [6.45, 7) is 1.73. The van der Waals surface area contributed by atoms with Gasteiger partial charge in [-0.15, -0.1) is 9.78 Å². The highest BCUT2D eigenvalue weighted by Gasteiger charge is 2.31. The molecule has 214 valence electrons. The zero-order chi connectivity index (χ0) is 29.5. The molecule has 1 unspecified atom stereocenters. The Morgan fingerprint density at radius 1 is 1.22 bits per heavy atom. The van der Waals surface area contributed by atoms with Gasteiger partial charge >= 0.3 is 5.69 Å². The summed E-state index contributed by atoms with van der Waals surface area (Å²) in [6.07, 6.45) is 3.82. The number of ether oxygens (including phenoxy) is 3. The Labute approximate surface area is 233 Å². The predicted octanol–water partition coefficient (Wildman–Crippen LogP) is 2.41. The first-order valence-corrected chi connectivity index (χ1v) is 12.4. The number of fused-ring (bicyclic) bond motifs is 1. The van der Waals surface area contributed by atoms with Crippen LogP contribution in [0.2, 0.25) is 0 Å². The lowest BCUT2D eigenvalue weighted by molar-refractivity contribution is -0.134. The highest BCUT2D eigenvalue weighted by molar-refractivity contribution is 5.94. The average molecular weight is 566 g/mol. The summed E-state index contributed by atoms with van der Waals surface area (Å²) in [5.41, 5.74) is 6.57. The Bertz CT molecular complexity index is 1580. The molecule has 0 saturated heterocycles. The third-order valence-electron chi connectivity index (χ3n) is 5.96. The van der Waals surface area contributed by atoms with Gasteiger partial charge in [0.2, 0.25) is 11.5 Å². The van der Waals surface area contributed by atoms with Crippen molar-refractivity contribution in [3.63, 3.8) is 0 Å². The number of carbonyl (C=O) groups is 1. The monoisotopic (exact) mass is 565 g/mol. The number of amidine groups is 1. The van der Waals surface area contributed by atoms with Crippen molar-refractivity contribution in [3.8, 4) is 23.2 Å². The smallest absolute Gasteiger partial charge is 0.350 e. The van der Waals surface area contributed by atoms with Crippen LogP contribution in [-0.4, -0.2) is 62.0 Å². The first-order chi connectivity index (χ1) is 19.7. The average Bonchev–Trinajstić information content (AvgIpc) is 3.16. The van der Waals surface area contributed by atoms with Crippen LogP contribution in [0.15, 0.2) is 53.6 Å². The number of carboxylic acids is 1. The summed E-state index contributed by atoms with van der Waals surface area (Å²) < 4.78 is 34.0. The number of methoxy groups -OCH3 is 1. The van der Waals surface area contributed by atoms with Gasteiger partial charge in [-0.05, 0) is 24.1 Å². The lowest BCUT2D eigenvalue weighted by Gasteiger charge is -2.20. The molecule has 0 aliphatic carbocycles. The number of aliphatic carboxylic acids is 1. The second-order valence-corrected chi connectivity index (χ2v) is 8.85. The molecule has 1 aliphatic heterocycles. The van der Waals surface area contributed by atoms with E-state index in [0.717, 1.165) is 17.2 Å². The van der Waals surface area contributed by atoms with Crippen LogP contribution in [0, 0.1) is 11.2 Å². The SMILES string of the molecule is CC(=O)O.COc1cc(C(Cc2ccc(C(=N)N)cc2)c2nn(-c3ncccn3)c(=O)[nH]2)c(F)c2c1OCCCO2. The van der Waals surface area contributed by atoms with E-state index in [-0.39, 0.29) is 47.7 Å². The van der Waals surface area contributed by atoms with Crippen molar-refractivity contribution in [1.82, 2.24) is 24.7 Å². The lowest BCUT2D eigenvalue weighted by Crippen LogP contribution is -2.18. The van der Waals surface area contributed by atoms with Crippen LogP contribution in [0.4, 0.5) is 4.39 Å². The molecule has 5 N–H and O–H groups in total. The molecule has 13 nitrogen and oxygen atoms in total. The highest BCUT2D eigenvalue weighted by Crippen LogP contribution is 2.45. The molecule has 0 saturated carbocycles. The van der Waals surface area contributed by atoms with Crippen molar-refractivity contribution in [3.05, 3.63) is 87.6 Å². The van der Waals surface area contributed by atoms with Crippen molar-refractivity contribution < 1.29 is 28.5 Å². The highest BCUT2D eigenvalue weighted by atomic mass is 19.1. The number of aromatic amines is 1. The van der Waals surface area contributed by atoms with E-state index >= 15 is 4.39 Å². The molecule has 1 atom stereocenters. The summed E-state index contributed by atoms with van der Waals surface area (Å²) in [6, 6.07) is 10.1. The zero-order valence-electron chi connectivity index (χ0n) is 22.3. The van der Waals surface area contributed by atoms with E-state index in [4.69, 9.17) is 35.3 Å². The molecule has 4 aromatic rings. The third kappa shape index (κ3) is 6.66. The maximum Gasteiger partial charge on any atom is 0.350 e. The second kappa shape index (κ2) is 12.7. The Hall–Kier alpha value is -5.27. The number of H-pyrrole nitrogens is 1. The van der Waals surface area contributed by atoms with Crippen LogP contribution in [0.1, 0.15) is 41.8 Å². The first-order valence-electron chi connectivity index (χ1n) is 12.4. The Balaban J connectivity index is 0.000000909. The molecule has 0 fully saturated rings. The van der Waals surface area contributed by atoms with E-state index < -0.39 is 23.4 Å². The zero-order valence-corrected chi connectivity index (χ0v) is 22.3. The van der Waals surface area contributed by atoms with Gasteiger partial charge in [0.15, 0.2) is 11.6 Å². The molecule has 41 heavy (non-hydrogen) atoms. The van der Waals surface area contributed by atoms with Crippen molar-refractivity contribution in [2.75, 3.05) is 20.3 Å². The van der Waals surface area contributed by atoms with Gasteiger partial charge in [-0.1, -0.05) is 24.3 Å². The molecule has 0 amide bonds. The molecular formula is C27H28FN7O6. The Morgan fingerprint density at radius 3 is 2.46 bits per heavy atom. The Kier molecular flexibility index (Phi) is 8.92. The number of hydrogen-bond donors (Lipinski definition) is 4. The fourth-order valence-corrected chi connectivity index (χ4v) is 4.13. The number of nitrogens with zero attached hydrogens (tertiary/aromatic N) is 4. The first kappa shape index (κ1) is 28.7. The molecule has 14 heteroatoms. The number of nitrogen functional groups attached to an aromatic ring is 1. The van der Waals surface area contributed by atoms with Gasteiger partial charge in [-0.2, -0.15) is 0 Å². The van der Waals surface area contributed by atoms with E-state index in [2.05, 4.69) is 20.1 Å². The van der Waals surface area contributed by atoms with E-state index in [1.54, 1.807) is 30.3 Å². The van der Waals surface area contributed by atoms with E-state index in [9.17, 15) is 4.79 Å². The standard InChI is InChI=1S/C25H24FN7O4.C2H4O2/c1-35-18-13-16(19(26)21-20(18)36-10-3-11-37-21)17(12-14-4-6-15(7-5-14)22(27)28)23-31-25(34)33(32-23)24-29-8-2-9-30-24;1-2(3)4/h2,4-9,13,17H,3,10-12H2,1H3,(H3,27,28)(H,31,32,34);1H3,(H,3,4). The molecule has 2 aromatic carbocycles. The van der Waals surface area contributed by atoms with E-state index in [0.29, 0.717) is 24.3 Å². The van der Waals surface area contributed by atoms with Crippen molar-refractivity contribution in [2.45, 2.75) is 25.7 Å². The molecule has 0 radical (unpaired) electrons. The largest absolute Gasteiger partial charge is 0.493 e. The van der Waals surface area contributed by atoms with Gasteiger partial charge in [0.05, 0.1) is 26.2 Å². The third-order valence-corrected chi connectivity index (χ3v) is 5.96. The number of halogens is 1. The maximum atomic E-state index is 16.0. The number of hydrogen-bond acceptors (Lipinski definition) is 9. The lowest BCUT2D eigenvalue weighted by atomic mass is 9.90. The number of benzene rings is 2. The number of rotatable bonds is 7. The fourth-order valence-electron chi connectivity index (χ4n) is 4.13. The van der Waals surface area contributed by atoms with Gasteiger partial charge in [0, 0.05) is 36.9 Å². The van der Waals surface area contributed by atoms with Crippen LogP contribution >= 0.6 is 0 Å². The van der Waals surface area contributed by atoms with Crippen LogP contribution in [0.25, 0.3) is 5.95 Å². The van der Waals surface area contributed by atoms with Crippen LogP contribution < -0.4 is 25.6 Å². The molecule has 5 rings (SSSR count). The number of nitrogens with one attached hydrogen (secondary N) is 2. The van der Waals surface area contributed by atoms with Gasteiger partial charge < -0.3 is 25.1 Å². The Morgan fingerprint density at radius 2 is 1.85 bits per heavy atom. The number of carboxylic acid groups (broad SMARTS) is 1. The normalized spacial score (nSPS) is 12.9. The number of nitrogens with two attached hydrogens (primary N) is 1. The summed E-state index contributed by atoms with van der Waals surface area (Å²) in [5.74, 6) is -1.55. The summed E-state index contributed by atoms with van der Waals surface area (Å²) in [7, 11) is 1.46. The summed E-state index contributed by atoms with van der Waals surface area (Å²) in [4.78, 5) is 32.7. The quantitative estimate of drug-likeness (QED) is 0.191. The minimum Gasteiger partial charge on any atom is -0.493 e. The van der Waals surface area contributed by atoms with Gasteiger partial charge in [-0.25, -0.2) is 19.2 Å². The predicted molar refractivity (Wildman–Crippen MR) is 145 cm³/mol. The van der Waals surface area contributed by atoms with Crippen LogP contribution in [0.5, 0.6) is 17.2 Å².